The highest BCUT2D eigenvalue weighted by atomic mass is 19.3. The summed E-state index contributed by atoms with van der Waals surface area (Å²) in [5, 5.41) is 5.36. The molecule has 0 bridgehead atoms. The molecule has 1 aromatic rings. The van der Waals surface area contributed by atoms with E-state index >= 15 is 0 Å². The van der Waals surface area contributed by atoms with E-state index in [1.807, 2.05) is 0 Å². The topological polar surface area (TPSA) is 61.4 Å². The van der Waals surface area contributed by atoms with Gasteiger partial charge in [0.15, 0.2) is 0 Å². The van der Waals surface area contributed by atoms with Gasteiger partial charge >= 0.3 is 6.03 Å². The second-order valence-electron chi connectivity index (χ2n) is 4.97. The molecule has 0 saturated carbocycles. The molecule has 1 rings (SSSR count). The van der Waals surface area contributed by atoms with E-state index in [1.54, 1.807) is 38.1 Å². The molecule has 22 heavy (non-hydrogen) atoms. The van der Waals surface area contributed by atoms with Gasteiger partial charge in [0, 0.05) is 19.2 Å². The fraction of sp³-hybridized carbons (Fsp3) is 0.467. The molecule has 0 aromatic heterocycles. The van der Waals surface area contributed by atoms with Crippen molar-refractivity contribution in [1.82, 2.24) is 10.2 Å². The number of rotatable bonds is 6. The van der Waals surface area contributed by atoms with Crippen LogP contribution in [0.15, 0.2) is 24.3 Å². The van der Waals surface area contributed by atoms with Crippen LogP contribution in [0.5, 0.6) is 0 Å². The van der Waals surface area contributed by atoms with Gasteiger partial charge in [-0.1, -0.05) is 19.1 Å². The van der Waals surface area contributed by atoms with Gasteiger partial charge in [-0.2, -0.15) is 0 Å². The first kappa shape index (κ1) is 17.9. The summed E-state index contributed by atoms with van der Waals surface area (Å²) in [5.41, 5.74) is 1.48. The van der Waals surface area contributed by atoms with Gasteiger partial charge in [0.2, 0.25) is 5.91 Å². The number of nitrogens with zero attached hydrogens (tertiary/aromatic N) is 1. The van der Waals surface area contributed by atoms with E-state index in [4.69, 9.17) is 0 Å². The number of anilines is 1. The molecule has 2 N–H and O–H groups in total. The van der Waals surface area contributed by atoms with Gasteiger partial charge in [-0.15, -0.1) is 0 Å². The molecule has 0 spiro atoms. The van der Waals surface area contributed by atoms with Gasteiger partial charge in [-0.25, -0.2) is 13.6 Å². The molecule has 0 unspecified atom stereocenters. The van der Waals surface area contributed by atoms with Crippen LogP contribution in [0.3, 0.4) is 0 Å². The van der Waals surface area contributed by atoms with Gasteiger partial charge < -0.3 is 15.5 Å². The third kappa shape index (κ3) is 5.67. The number of benzene rings is 1. The van der Waals surface area contributed by atoms with Crippen LogP contribution in [0.4, 0.5) is 19.3 Å². The van der Waals surface area contributed by atoms with E-state index in [2.05, 4.69) is 10.6 Å². The first-order chi connectivity index (χ1) is 10.3. The number of carbonyl (C=O) groups excluding carboxylic acids is 2. The molecular weight excluding hydrogens is 292 g/mol. The normalized spacial score (nSPS) is 11.9. The monoisotopic (exact) mass is 313 g/mol. The van der Waals surface area contributed by atoms with Crippen molar-refractivity contribution >= 4 is 17.6 Å². The smallest absolute Gasteiger partial charge is 0.317 e. The highest BCUT2D eigenvalue weighted by molar-refractivity contribution is 5.90. The Morgan fingerprint density at radius 3 is 2.32 bits per heavy atom. The van der Waals surface area contributed by atoms with Crippen LogP contribution in [-0.2, 0) is 4.79 Å². The maximum absolute atomic E-state index is 12.2. The van der Waals surface area contributed by atoms with Crippen LogP contribution in [0, 0.1) is 0 Å². The summed E-state index contributed by atoms with van der Waals surface area (Å²) in [4.78, 5) is 24.0. The van der Waals surface area contributed by atoms with Crippen molar-refractivity contribution in [1.29, 1.82) is 0 Å². The average molecular weight is 313 g/mol. The summed E-state index contributed by atoms with van der Waals surface area (Å²) in [5.74, 6) is -0.0808. The lowest BCUT2D eigenvalue weighted by molar-refractivity contribution is -0.115. The number of amides is 3. The molecule has 7 heteroatoms. The second-order valence-corrected chi connectivity index (χ2v) is 4.97. The van der Waals surface area contributed by atoms with Gasteiger partial charge in [0.25, 0.3) is 6.43 Å². The quantitative estimate of drug-likeness (QED) is 0.848. The number of hydrogen-bond acceptors (Lipinski definition) is 2. The molecule has 0 fully saturated rings. The number of hydrogen-bond donors (Lipinski definition) is 2. The van der Waals surface area contributed by atoms with Crippen LogP contribution in [0.25, 0.3) is 0 Å². The molecule has 1 aromatic carbocycles. The molecule has 0 heterocycles. The zero-order chi connectivity index (χ0) is 16.7. The highest BCUT2D eigenvalue weighted by Crippen LogP contribution is 2.16. The van der Waals surface area contributed by atoms with E-state index < -0.39 is 19.0 Å². The predicted octanol–water partition coefficient (Wildman–Crippen LogP) is 3.00. The minimum atomic E-state index is -2.56. The van der Waals surface area contributed by atoms with Crippen molar-refractivity contribution in [2.75, 3.05) is 18.9 Å². The molecule has 0 aliphatic rings. The van der Waals surface area contributed by atoms with E-state index in [0.717, 1.165) is 10.5 Å². The Morgan fingerprint density at radius 1 is 1.23 bits per heavy atom. The summed E-state index contributed by atoms with van der Waals surface area (Å²) < 4.78 is 24.5. The van der Waals surface area contributed by atoms with Crippen molar-refractivity contribution < 1.29 is 18.4 Å². The zero-order valence-electron chi connectivity index (χ0n) is 12.9. The zero-order valence-corrected chi connectivity index (χ0v) is 12.9. The Labute approximate surface area is 128 Å². The Balaban J connectivity index is 2.60. The minimum absolute atomic E-state index is 0.0808. The van der Waals surface area contributed by atoms with Gasteiger partial charge in [0.05, 0.1) is 12.6 Å². The number of carbonyl (C=O) groups is 2. The molecule has 1 atom stereocenters. The Kier molecular flexibility index (Phi) is 6.75. The van der Waals surface area contributed by atoms with Crippen molar-refractivity contribution in [3.8, 4) is 0 Å². The molecule has 0 aliphatic carbocycles. The van der Waals surface area contributed by atoms with E-state index in [1.165, 1.54) is 7.05 Å². The molecule has 0 saturated heterocycles. The molecule has 5 nitrogen and oxygen atoms in total. The SMILES string of the molecule is CCC(=O)Nc1ccc([C@H](C)NC(=O)N(C)CC(F)F)cc1. The van der Waals surface area contributed by atoms with E-state index in [0.29, 0.717) is 12.1 Å². The lowest BCUT2D eigenvalue weighted by atomic mass is 10.1. The van der Waals surface area contributed by atoms with Crippen molar-refractivity contribution in [3.05, 3.63) is 29.8 Å². The predicted molar refractivity (Wildman–Crippen MR) is 80.9 cm³/mol. The van der Waals surface area contributed by atoms with Crippen LogP contribution in [-0.4, -0.2) is 36.9 Å². The highest BCUT2D eigenvalue weighted by Gasteiger charge is 2.16. The molecule has 0 aliphatic heterocycles. The average Bonchev–Trinajstić information content (AvgIpc) is 2.46. The van der Waals surface area contributed by atoms with Crippen molar-refractivity contribution in [3.63, 3.8) is 0 Å². The van der Waals surface area contributed by atoms with E-state index in [9.17, 15) is 18.4 Å². The molecule has 0 radical (unpaired) electrons. The molecular formula is C15H21F2N3O2. The lowest BCUT2D eigenvalue weighted by Gasteiger charge is -2.21. The number of halogens is 2. The van der Waals surface area contributed by atoms with Gasteiger partial charge in [-0.05, 0) is 24.6 Å². The van der Waals surface area contributed by atoms with Crippen molar-refractivity contribution in [2.45, 2.75) is 32.7 Å². The van der Waals surface area contributed by atoms with Crippen LogP contribution in [0.2, 0.25) is 0 Å². The Hall–Kier alpha value is -2.18. The van der Waals surface area contributed by atoms with Crippen LogP contribution < -0.4 is 10.6 Å². The fourth-order valence-electron chi connectivity index (χ4n) is 1.77. The Morgan fingerprint density at radius 2 is 1.82 bits per heavy atom. The second kappa shape index (κ2) is 8.31. The molecule has 122 valence electrons. The fourth-order valence-corrected chi connectivity index (χ4v) is 1.77. The standard InChI is InChI=1S/C15H21F2N3O2/c1-4-14(21)19-12-7-5-11(6-8-12)10(2)18-15(22)20(3)9-13(16)17/h5-8,10,13H,4,9H2,1-3H3,(H,18,22)(H,19,21)/t10-/m0/s1. The third-order valence-corrected chi connectivity index (χ3v) is 3.11. The van der Waals surface area contributed by atoms with Gasteiger partial charge in [-0.3, -0.25) is 4.79 Å². The summed E-state index contributed by atoms with van der Waals surface area (Å²) in [7, 11) is 1.32. The van der Waals surface area contributed by atoms with Crippen LogP contribution >= 0.6 is 0 Å². The first-order valence-corrected chi connectivity index (χ1v) is 7.03. The lowest BCUT2D eigenvalue weighted by Crippen LogP contribution is -2.40. The summed E-state index contributed by atoms with van der Waals surface area (Å²) in [6.07, 6.45) is -2.17. The van der Waals surface area contributed by atoms with E-state index in [-0.39, 0.29) is 11.9 Å². The minimum Gasteiger partial charge on any atom is -0.331 e. The van der Waals surface area contributed by atoms with Crippen LogP contribution in [0.1, 0.15) is 31.9 Å². The maximum Gasteiger partial charge on any atom is 0.317 e. The summed E-state index contributed by atoms with van der Waals surface area (Å²) in [6.45, 7) is 2.91. The first-order valence-electron chi connectivity index (χ1n) is 7.03. The third-order valence-electron chi connectivity index (χ3n) is 3.11. The number of alkyl halides is 2. The van der Waals surface area contributed by atoms with Crippen molar-refractivity contribution in [2.24, 2.45) is 0 Å². The largest absolute Gasteiger partial charge is 0.331 e. The summed E-state index contributed by atoms with van der Waals surface area (Å²) in [6, 6.07) is 6.11. The number of nitrogens with one attached hydrogen (secondary N) is 2. The number of urea groups is 1. The molecule has 3 amide bonds. The summed E-state index contributed by atoms with van der Waals surface area (Å²) >= 11 is 0. The Bertz CT molecular complexity index is 506. The van der Waals surface area contributed by atoms with Gasteiger partial charge in [0.1, 0.15) is 0 Å². The maximum atomic E-state index is 12.2.